The molecule has 0 amide bonds. The molecule has 134 valence electrons. The number of fused-ring (bicyclic) bond motifs is 2. The highest BCUT2D eigenvalue weighted by molar-refractivity contribution is 9.10. The van der Waals surface area contributed by atoms with Gasteiger partial charge in [0, 0.05) is 20.9 Å². The fourth-order valence-corrected chi connectivity index (χ4v) is 3.68. The maximum Gasteiger partial charge on any atom is 0.355 e. The first-order valence-electron chi connectivity index (χ1n) is 8.61. The Balaban J connectivity index is 1.98. The van der Waals surface area contributed by atoms with Gasteiger partial charge >= 0.3 is 5.97 Å². The number of benzene rings is 3. The first-order valence-corrected chi connectivity index (χ1v) is 9.40. The number of ketones is 1. The number of aromatic amines is 1. The number of hydrogen-bond acceptors (Lipinski definition) is 3. The molecule has 0 bridgehead atoms. The molecule has 5 heteroatoms. The van der Waals surface area contributed by atoms with Gasteiger partial charge in [0.1, 0.15) is 5.69 Å². The van der Waals surface area contributed by atoms with Crippen LogP contribution < -0.4 is 0 Å². The van der Waals surface area contributed by atoms with E-state index in [9.17, 15) is 9.59 Å². The van der Waals surface area contributed by atoms with E-state index >= 15 is 0 Å². The summed E-state index contributed by atoms with van der Waals surface area (Å²) in [7, 11) is 0. The van der Waals surface area contributed by atoms with Crippen molar-refractivity contribution in [3.63, 3.8) is 0 Å². The quantitative estimate of drug-likeness (QED) is 0.350. The van der Waals surface area contributed by atoms with Crippen molar-refractivity contribution in [1.29, 1.82) is 0 Å². The Morgan fingerprint density at radius 2 is 1.78 bits per heavy atom. The first kappa shape index (κ1) is 17.5. The number of nitrogens with one attached hydrogen (secondary N) is 1. The molecule has 0 aliphatic rings. The predicted octanol–water partition coefficient (Wildman–Crippen LogP) is 5.49. The number of ether oxygens (including phenoxy) is 1. The minimum Gasteiger partial charge on any atom is -0.461 e. The lowest BCUT2D eigenvalue weighted by molar-refractivity contribution is 0.0518. The van der Waals surface area contributed by atoms with Gasteiger partial charge in [-0.2, -0.15) is 0 Å². The van der Waals surface area contributed by atoms with Gasteiger partial charge in [0.25, 0.3) is 0 Å². The van der Waals surface area contributed by atoms with E-state index < -0.39 is 5.97 Å². The van der Waals surface area contributed by atoms with Gasteiger partial charge in [0.15, 0.2) is 5.78 Å². The summed E-state index contributed by atoms with van der Waals surface area (Å²) in [6, 6.07) is 18.8. The average Bonchev–Trinajstić information content (AvgIpc) is 3.06. The Hall–Kier alpha value is -2.92. The van der Waals surface area contributed by atoms with E-state index in [0.717, 1.165) is 15.2 Å². The number of esters is 1. The summed E-state index contributed by atoms with van der Waals surface area (Å²) in [5.74, 6) is -0.743. The van der Waals surface area contributed by atoms with Gasteiger partial charge in [0.2, 0.25) is 0 Å². The molecule has 0 saturated carbocycles. The Bertz CT molecular complexity index is 1190. The molecule has 4 aromatic rings. The lowest BCUT2D eigenvalue weighted by Crippen LogP contribution is -2.12. The normalized spacial score (nSPS) is 11.0. The molecule has 4 rings (SSSR count). The second-order valence-electron chi connectivity index (χ2n) is 6.14. The first-order chi connectivity index (χ1) is 13.1. The molecule has 0 spiro atoms. The highest BCUT2D eigenvalue weighted by atomic mass is 79.9. The number of halogens is 1. The zero-order valence-corrected chi connectivity index (χ0v) is 16.2. The Morgan fingerprint density at radius 1 is 1.00 bits per heavy atom. The molecule has 0 atom stereocenters. The van der Waals surface area contributed by atoms with Crippen LogP contribution in [0.2, 0.25) is 0 Å². The van der Waals surface area contributed by atoms with E-state index in [0.29, 0.717) is 22.0 Å². The summed E-state index contributed by atoms with van der Waals surface area (Å²) in [4.78, 5) is 29.1. The second kappa shape index (κ2) is 7.00. The summed E-state index contributed by atoms with van der Waals surface area (Å²) in [5.41, 5.74) is 1.79. The molecular weight excluding hydrogens is 406 g/mol. The number of aromatic nitrogens is 1. The van der Waals surface area contributed by atoms with Gasteiger partial charge in [-0.15, -0.1) is 0 Å². The van der Waals surface area contributed by atoms with Crippen LogP contribution in [0.5, 0.6) is 0 Å². The van der Waals surface area contributed by atoms with Crippen molar-refractivity contribution in [2.75, 3.05) is 6.61 Å². The van der Waals surface area contributed by atoms with Gasteiger partial charge in [-0.05, 0) is 35.9 Å². The van der Waals surface area contributed by atoms with E-state index in [1.807, 2.05) is 54.6 Å². The fraction of sp³-hybridized carbons (Fsp3) is 0.0909. The number of rotatable bonds is 4. The fourth-order valence-electron chi connectivity index (χ4n) is 3.31. The van der Waals surface area contributed by atoms with Gasteiger partial charge < -0.3 is 9.72 Å². The number of hydrogen-bond donors (Lipinski definition) is 1. The maximum atomic E-state index is 13.5. The Labute approximate surface area is 164 Å². The van der Waals surface area contributed by atoms with Gasteiger partial charge in [-0.25, -0.2) is 4.79 Å². The molecule has 27 heavy (non-hydrogen) atoms. The van der Waals surface area contributed by atoms with E-state index in [2.05, 4.69) is 20.9 Å². The molecule has 1 N–H and O–H groups in total. The van der Waals surface area contributed by atoms with Crippen LogP contribution in [0.15, 0.2) is 65.1 Å². The van der Waals surface area contributed by atoms with Crippen LogP contribution in [0, 0.1) is 0 Å². The summed E-state index contributed by atoms with van der Waals surface area (Å²) >= 11 is 3.45. The molecule has 0 saturated heterocycles. The topological polar surface area (TPSA) is 59.2 Å². The average molecular weight is 422 g/mol. The largest absolute Gasteiger partial charge is 0.461 e. The summed E-state index contributed by atoms with van der Waals surface area (Å²) in [5, 5.41) is 2.51. The van der Waals surface area contributed by atoms with Crippen LogP contribution in [-0.2, 0) is 4.74 Å². The van der Waals surface area contributed by atoms with E-state index in [-0.39, 0.29) is 18.1 Å². The standard InChI is InChI=1S/C22H16BrNO3/c1-2-27-22(26)20-19(17-12-14(23)10-11-18(17)24-20)21(25)16-9-5-7-13-6-3-4-8-15(13)16/h3-12,24H,2H2,1H3. The van der Waals surface area contributed by atoms with Crippen LogP contribution in [0.4, 0.5) is 0 Å². The lowest BCUT2D eigenvalue weighted by Gasteiger charge is -2.08. The van der Waals surface area contributed by atoms with Crippen LogP contribution in [0.1, 0.15) is 33.3 Å². The lowest BCUT2D eigenvalue weighted by atomic mass is 9.95. The Morgan fingerprint density at radius 3 is 2.59 bits per heavy atom. The number of H-pyrrole nitrogens is 1. The third kappa shape index (κ3) is 3.04. The van der Waals surface area contributed by atoms with Gasteiger partial charge in [0.05, 0.1) is 12.2 Å². The predicted molar refractivity (Wildman–Crippen MR) is 109 cm³/mol. The third-order valence-electron chi connectivity index (χ3n) is 4.50. The molecule has 0 aliphatic heterocycles. The molecule has 1 aromatic heterocycles. The van der Waals surface area contributed by atoms with Gasteiger partial charge in [-0.1, -0.05) is 58.4 Å². The third-order valence-corrected chi connectivity index (χ3v) is 4.99. The van der Waals surface area contributed by atoms with Crippen LogP contribution in [-0.4, -0.2) is 23.3 Å². The monoisotopic (exact) mass is 421 g/mol. The second-order valence-corrected chi connectivity index (χ2v) is 7.06. The molecule has 1 heterocycles. The van der Waals surface area contributed by atoms with E-state index in [4.69, 9.17) is 4.74 Å². The zero-order chi connectivity index (χ0) is 19.0. The SMILES string of the molecule is CCOC(=O)c1[nH]c2ccc(Br)cc2c1C(=O)c1cccc2ccccc12. The van der Waals surface area contributed by atoms with Crippen LogP contribution in [0.3, 0.4) is 0 Å². The van der Waals surface area contributed by atoms with Crippen molar-refractivity contribution < 1.29 is 14.3 Å². The van der Waals surface area contributed by atoms with Crippen molar-refractivity contribution in [2.45, 2.75) is 6.92 Å². The van der Waals surface area contributed by atoms with Crippen molar-refractivity contribution in [3.05, 3.63) is 82.0 Å². The van der Waals surface area contributed by atoms with Gasteiger partial charge in [-0.3, -0.25) is 4.79 Å². The van der Waals surface area contributed by atoms with Crippen LogP contribution in [0.25, 0.3) is 21.7 Å². The van der Waals surface area contributed by atoms with E-state index in [1.54, 1.807) is 13.0 Å². The number of carbonyl (C=O) groups excluding carboxylic acids is 2. The van der Waals surface area contributed by atoms with Crippen molar-refractivity contribution in [3.8, 4) is 0 Å². The highest BCUT2D eigenvalue weighted by Crippen LogP contribution is 2.30. The maximum absolute atomic E-state index is 13.5. The van der Waals surface area contributed by atoms with Crippen molar-refractivity contribution in [2.24, 2.45) is 0 Å². The minimum absolute atomic E-state index is 0.183. The molecule has 4 nitrogen and oxygen atoms in total. The molecule has 3 aromatic carbocycles. The minimum atomic E-state index is -0.534. The van der Waals surface area contributed by atoms with E-state index in [1.165, 1.54) is 0 Å². The van der Waals surface area contributed by atoms with Crippen molar-refractivity contribution in [1.82, 2.24) is 4.98 Å². The molecule has 0 aliphatic carbocycles. The molecule has 0 radical (unpaired) electrons. The highest BCUT2D eigenvalue weighted by Gasteiger charge is 2.26. The molecule has 0 unspecified atom stereocenters. The van der Waals surface area contributed by atoms with Crippen molar-refractivity contribution >= 4 is 49.4 Å². The smallest absolute Gasteiger partial charge is 0.355 e. The molecule has 0 fully saturated rings. The number of carbonyl (C=O) groups is 2. The summed E-state index contributed by atoms with van der Waals surface area (Å²) in [6.07, 6.45) is 0. The summed E-state index contributed by atoms with van der Waals surface area (Å²) in [6.45, 7) is 1.98. The molecular formula is C22H16BrNO3. The van der Waals surface area contributed by atoms with Crippen LogP contribution >= 0.6 is 15.9 Å². The zero-order valence-electron chi connectivity index (χ0n) is 14.6. The summed E-state index contributed by atoms with van der Waals surface area (Å²) < 4.78 is 6.00. The Kier molecular flexibility index (Phi) is 4.54.